The number of benzene rings is 2. The number of methoxy groups -OCH3 is 1. The van der Waals surface area contributed by atoms with Crippen LogP contribution in [-0.2, 0) is 4.79 Å². The minimum atomic E-state index is -1.01. The summed E-state index contributed by atoms with van der Waals surface area (Å²) in [5.74, 6) is -1.73. The van der Waals surface area contributed by atoms with E-state index >= 15 is 0 Å². The minimum absolute atomic E-state index is 0.189. The maximum atomic E-state index is 13.0. The van der Waals surface area contributed by atoms with E-state index in [-0.39, 0.29) is 5.69 Å². The fourth-order valence-corrected chi connectivity index (χ4v) is 1.67. The summed E-state index contributed by atoms with van der Waals surface area (Å²) in [7, 11) is 1.55. The second-order valence-corrected chi connectivity index (χ2v) is 4.23. The lowest BCUT2D eigenvalue weighted by Gasteiger charge is -2.03. The van der Waals surface area contributed by atoms with E-state index in [0.717, 1.165) is 17.7 Å². The normalized spacial score (nSPS) is 10.6. The Morgan fingerprint density at radius 3 is 2.67 bits per heavy atom. The highest BCUT2D eigenvalue weighted by Gasteiger charge is 2.04. The molecule has 0 aliphatic carbocycles. The Labute approximate surface area is 120 Å². The van der Waals surface area contributed by atoms with Crippen molar-refractivity contribution in [2.75, 3.05) is 12.4 Å². The Kier molecular flexibility index (Phi) is 4.66. The Morgan fingerprint density at radius 2 is 1.95 bits per heavy atom. The number of carbonyl (C=O) groups is 1. The van der Waals surface area contributed by atoms with Gasteiger partial charge in [-0.3, -0.25) is 4.79 Å². The lowest BCUT2D eigenvalue weighted by atomic mass is 10.2. The van der Waals surface area contributed by atoms with Gasteiger partial charge in [-0.15, -0.1) is 0 Å². The molecule has 1 N–H and O–H groups in total. The van der Waals surface area contributed by atoms with Crippen molar-refractivity contribution in [2.45, 2.75) is 0 Å². The van der Waals surface area contributed by atoms with E-state index in [4.69, 9.17) is 4.74 Å². The zero-order chi connectivity index (χ0) is 15.2. The van der Waals surface area contributed by atoms with Crippen molar-refractivity contribution in [3.8, 4) is 5.75 Å². The Morgan fingerprint density at radius 1 is 1.14 bits per heavy atom. The second kappa shape index (κ2) is 6.65. The van der Waals surface area contributed by atoms with Crippen molar-refractivity contribution in [1.82, 2.24) is 0 Å². The van der Waals surface area contributed by atoms with Gasteiger partial charge in [0, 0.05) is 17.8 Å². The van der Waals surface area contributed by atoms with E-state index in [9.17, 15) is 13.6 Å². The SMILES string of the molecule is COc1cccc(/C=C/C(=O)Nc2ccc(F)c(F)c2)c1. The summed E-state index contributed by atoms with van der Waals surface area (Å²) in [6, 6.07) is 10.3. The Hall–Kier alpha value is -2.69. The number of carbonyl (C=O) groups excluding carboxylic acids is 1. The van der Waals surface area contributed by atoms with Crippen LogP contribution in [0, 0.1) is 11.6 Å². The summed E-state index contributed by atoms with van der Waals surface area (Å²) in [6.45, 7) is 0. The van der Waals surface area contributed by atoms with Crippen molar-refractivity contribution < 1.29 is 18.3 Å². The predicted octanol–water partition coefficient (Wildman–Crippen LogP) is 3.63. The van der Waals surface area contributed by atoms with Gasteiger partial charge >= 0.3 is 0 Å². The molecule has 1 amide bonds. The van der Waals surface area contributed by atoms with Crippen LogP contribution in [0.15, 0.2) is 48.5 Å². The van der Waals surface area contributed by atoms with Crippen molar-refractivity contribution in [1.29, 1.82) is 0 Å². The number of nitrogens with one attached hydrogen (secondary N) is 1. The van der Waals surface area contributed by atoms with Gasteiger partial charge in [-0.05, 0) is 35.9 Å². The first-order valence-electron chi connectivity index (χ1n) is 6.16. The number of rotatable bonds is 4. The molecule has 0 atom stereocenters. The molecule has 2 rings (SSSR count). The Balaban J connectivity index is 2.03. The lowest BCUT2D eigenvalue weighted by Crippen LogP contribution is -2.08. The van der Waals surface area contributed by atoms with Crippen LogP contribution in [0.1, 0.15) is 5.56 Å². The van der Waals surface area contributed by atoms with Crippen LogP contribution in [0.5, 0.6) is 5.75 Å². The molecule has 0 aliphatic heterocycles. The number of anilines is 1. The molecule has 0 aliphatic rings. The fourth-order valence-electron chi connectivity index (χ4n) is 1.67. The maximum absolute atomic E-state index is 13.0. The third kappa shape index (κ3) is 4.14. The highest BCUT2D eigenvalue weighted by molar-refractivity contribution is 6.01. The molecular weight excluding hydrogens is 276 g/mol. The zero-order valence-corrected chi connectivity index (χ0v) is 11.3. The molecule has 0 aromatic heterocycles. The zero-order valence-electron chi connectivity index (χ0n) is 11.3. The van der Waals surface area contributed by atoms with E-state index < -0.39 is 17.5 Å². The van der Waals surface area contributed by atoms with Gasteiger partial charge in [-0.2, -0.15) is 0 Å². The number of amides is 1. The number of ether oxygens (including phenoxy) is 1. The molecule has 0 radical (unpaired) electrons. The number of hydrogen-bond acceptors (Lipinski definition) is 2. The van der Waals surface area contributed by atoms with E-state index in [0.29, 0.717) is 5.75 Å². The molecule has 0 unspecified atom stereocenters. The van der Waals surface area contributed by atoms with Gasteiger partial charge in [-0.25, -0.2) is 8.78 Å². The van der Waals surface area contributed by atoms with Gasteiger partial charge in [0.05, 0.1) is 7.11 Å². The topological polar surface area (TPSA) is 38.3 Å². The third-order valence-electron chi connectivity index (χ3n) is 2.71. The molecule has 0 bridgehead atoms. The smallest absolute Gasteiger partial charge is 0.248 e. The maximum Gasteiger partial charge on any atom is 0.248 e. The first kappa shape index (κ1) is 14.7. The molecule has 2 aromatic carbocycles. The van der Waals surface area contributed by atoms with Crippen molar-refractivity contribution >= 4 is 17.7 Å². The molecule has 21 heavy (non-hydrogen) atoms. The molecule has 2 aromatic rings. The van der Waals surface area contributed by atoms with Crippen molar-refractivity contribution in [3.05, 3.63) is 65.7 Å². The van der Waals surface area contributed by atoms with Gasteiger partial charge < -0.3 is 10.1 Å². The lowest BCUT2D eigenvalue weighted by molar-refractivity contribution is -0.111. The number of hydrogen-bond donors (Lipinski definition) is 1. The van der Waals surface area contributed by atoms with Crippen LogP contribution in [0.3, 0.4) is 0 Å². The largest absolute Gasteiger partial charge is 0.497 e. The van der Waals surface area contributed by atoms with E-state index in [1.54, 1.807) is 31.4 Å². The van der Waals surface area contributed by atoms with Crippen LogP contribution in [0.4, 0.5) is 14.5 Å². The van der Waals surface area contributed by atoms with Crippen molar-refractivity contribution in [2.24, 2.45) is 0 Å². The van der Waals surface area contributed by atoms with E-state index in [1.807, 2.05) is 6.07 Å². The van der Waals surface area contributed by atoms with Gasteiger partial charge in [0.2, 0.25) is 5.91 Å². The third-order valence-corrected chi connectivity index (χ3v) is 2.71. The van der Waals surface area contributed by atoms with Crippen LogP contribution < -0.4 is 10.1 Å². The van der Waals surface area contributed by atoms with Crippen LogP contribution in [-0.4, -0.2) is 13.0 Å². The highest BCUT2D eigenvalue weighted by Crippen LogP contribution is 2.15. The van der Waals surface area contributed by atoms with E-state index in [2.05, 4.69) is 5.32 Å². The molecular formula is C16H13F2NO2. The van der Waals surface area contributed by atoms with Crippen LogP contribution in [0.25, 0.3) is 6.08 Å². The summed E-state index contributed by atoms with van der Waals surface area (Å²) < 4.78 is 30.8. The highest BCUT2D eigenvalue weighted by atomic mass is 19.2. The first-order valence-corrected chi connectivity index (χ1v) is 6.16. The molecule has 0 heterocycles. The Bertz CT molecular complexity index is 684. The summed E-state index contributed by atoms with van der Waals surface area (Å²) in [5.41, 5.74) is 0.976. The van der Waals surface area contributed by atoms with Gasteiger partial charge in [0.15, 0.2) is 11.6 Å². The quantitative estimate of drug-likeness (QED) is 0.873. The van der Waals surface area contributed by atoms with Gasteiger partial charge in [0.25, 0.3) is 0 Å². The summed E-state index contributed by atoms with van der Waals surface area (Å²) >= 11 is 0. The fraction of sp³-hybridized carbons (Fsp3) is 0.0625. The molecule has 0 saturated heterocycles. The molecule has 108 valence electrons. The van der Waals surface area contributed by atoms with Crippen LogP contribution in [0.2, 0.25) is 0 Å². The molecule has 0 spiro atoms. The molecule has 3 nitrogen and oxygen atoms in total. The summed E-state index contributed by atoms with van der Waals surface area (Å²) in [5, 5.41) is 2.45. The summed E-state index contributed by atoms with van der Waals surface area (Å²) in [4.78, 5) is 11.7. The van der Waals surface area contributed by atoms with Crippen molar-refractivity contribution in [3.63, 3.8) is 0 Å². The van der Waals surface area contributed by atoms with Gasteiger partial charge in [0.1, 0.15) is 5.75 Å². The predicted molar refractivity (Wildman–Crippen MR) is 77.0 cm³/mol. The van der Waals surface area contributed by atoms with Gasteiger partial charge in [-0.1, -0.05) is 12.1 Å². The minimum Gasteiger partial charge on any atom is -0.497 e. The molecule has 0 fully saturated rings. The van der Waals surface area contributed by atoms with E-state index in [1.165, 1.54) is 12.1 Å². The number of halogens is 2. The molecule has 5 heteroatoms. The average molecular weight is 289 g/mol. The molecule has 0 saturated carbocycles. The van der Waals surface area contributed by atoms with Crippen LogP contribution >= 0.6 is 0 Å². The standard InChI is InChI=1S/C16H13F2NO2/c1-21-13-4-2-3-11(9-13)5-8-16(20)19-12-6-7-14(17)15(18)10-12/h2-10H,1H3,(H,19,20)/b8-5+. The monoisotopic (exact) mass is 289 g/mol. The summed E-state index contributed by atoms with van der Waals surface area (Å²) in [6.07, 6.45) is 2.90. The second-order valence-electron chi connectivity index (χ2n) is 4.23. The first-order chi connectivity index (χ1) is 10.1. The average Bonchev–Trinajstić information content (AvgIpc) is 2.49.